The predicted octanol–water partition coefficient (Wildman–Crippen LogP) is 4.25. The van der Waals surface area contributed by atoms with Crippen LogP contribution in [0.25, 0.3) is 11.1 Å². The number of benzene rings is 3. The Balaban J connectivity index is 1.58. The van der Waals surface area contributed by atoms with Crippen molar-refractivity contribution in [2.75, 3.05) is 27.4 Å². The zero-order valence-electron chi connectivity index (χ0n) is 23.1. The summed E-state index contributed by atoms with van der Waals surface area (Å²) in [4.78, 5) is 39.0. The van der Waals surface area contributed by atoms with Crippen LogP contribution in [0.2, 0.25) is 0 Å². The quantitative estimate of drug-likeness (QED) is 0.366. The molecular formula is C31H34N2O7. The molecule has 0 unspecified atom stereocenters. The molecule has 40 heavy (non-hydrogen) atoms. The first-order chi connectivity index (χ1) is 19.3. The van der Waals surface area contributed by atoms with Gasteiger partial charge in [0.25, 0.3) is 11.8 Å². The third-order valence-electron chi connectivity index (χ3n) is 6.48. The fourth-order valence-electron chi connectivity index (χ4n) is 4.51. The van der Waals surface area contributed by atoms with Gasteiger partial charge in [-0.15, -0.1) is 0 Å². The number of fused-ring (bicyclic) bond motifs is 1. The molecule has 3 aromatic carbocycles. The average Bonchev–Trinajstić information content (AvgIpc) is 2.98. The molecule has 9 nitrogen and oxygen atoms in total. The molecule has 0 aromatic heterocycles. The van der Waals surface area contributed by atoms with Gasteiger partial charge in [0.05, 0.1) is 20.8 Å². The Morgan fingerprint density at radius 3 is 2.38 bits per heavy atom. The van der Waals surface area contributed by atoms with Gasteiger partial charge >= 0.3 is 5.97 Å². The van der Waals surface area contributed by atoms with Gasteiger partial charge in [0.15, 0.2) is 11.5 Å². The van der Waals surface area contributed by atoms with Gasteiger partial charge < -0.3 is 29.6 Å². The number of amides is 2. The van der Waals surface area contributed by atoms with E-state index in [1.165, 1.54) is 14.2 Å². The molecule has 0 saturated heterocycles. The molecule has 0 aliphatic carbocycles. The summed E-state index contributed by atoms with van der Waals surface area (Å²) in [5, 5.41) is 5.70. The van der Waals surface area contributed by atoms with Crippen molar-refractivity contribution in [1.29, 1.82) is 0 Å². The maximum absolute atomic E-state index is 13.5. The van der Waals surface area contributed by atoms with Crippen LogP contribution in [-0.2, 0) is 9.53 Å². The summed E-state index contributed by atoms with van der Waals surface area (Å²) in [6, 6.07) is 18.6. The van der Waals surface area contributed by atoms with Crippen molar-refractivity contribution in [3.05, 3.63) is 77.9 Å². The van der Waals surface area contributed by atoms with E-state index in [0.717, 1.165) is 0 Å². The minimum Gasteiger partial charge on any atom is -0.496 e. The van der Waals surface area contributed by atoms with Crippen LogP contribution in [0.1, 0.15) is 41.0 Å². The van der Waals surface area contributed by atoms with Crippen LogP contribution in [0.5, 0.6) is 17.2 Å². The van der Waals surface area contributed by atoms with E-state index in [1.54, 1.807) is 24.3 Å². The van der Waals surface area contributed by atoms with E-state index in [2.05, 4.69) is 10.6 Å². The molecule has 0 fully saturated rings. The molecular weight excluding hydrogens is 512 g/mol. The minimum atomic E-state index is -0.811. The minimum absolute atomic E-state index is 0.149. The summed E-state index contributed by atoms with van der Waals surface area (Å²) in [5.41, 5.74) is 1.76. The summed E-state index contributed by atoms with van der Waals surface area (Å²) in [5.74, 6) is 0.665. The topological polar surface area (TPSA) is 112 Å². The second-order valence-corrected chi connectivity index (χ2v) is 9.85. The van der Waals surface area contributed by atoms with Crippen LogP contribution in [0.3, 0.4) is 0 Å². The molecule has 1 aliphatic heterocycles. The van der Waals surface area contributed by atoms with Crippen molar-refractivity contribution in [3.63, 3.8) is 0 Å². The van der Waals surface area contributed by atoms with E-state index in [0.29, 0.717) is 52.5 Å². The number of carbonyl (C=O) groups is 3. The number of esters is 1. The summed E-state index contributed by atoms with van der Waals surface area (Å²) in [6.45, 7) is 4.45. The zero-order valence-corrected chi connectivity index (χ0v) is 23.1. The Labute approximate surface area is 233 Å². The van der Waals surface area contributed by atoms with Crippen molar-refractivity contribution in [2.24, 2.45) is 5.92 Å². The fraction of sp³-hybridized carbons (Fsp3) is 0.323. The van der Waals surface area contributed by atoms with Crippen molar-refractivity contribution < 1.29 is 33.3 Å². The molecule has 210 valence electrons. The first kappa shape index (κ1) is 28.5. The Hall–Kier alpha value is -4.53. The number of hydrogen-bond donors (Lipinski definition) is 2. The van der Waals surface area contributed by atoms with Crippen LogP contribution in [0.15, 0.2) is 66.7 Å². The number of para-hydroxylation sites is 3. The Morgan fingerprint density at radius 2 is 1.65 bits per heavy atom. The Bertz CT molecular complexity index is 1370. The Morgan fingerprint density at radius 1 is 0.925 bits per heavy atom. The second kappa shape index (κ2) is 13.0. The maximum atomic E-state index is 13.5. The van der Waals surface area contributed by atoms with Crippen molar-refractivity contribution in [3.8, 4) is 28.4 Å². The van der Waals surface area contributed by atoms with E-state index in [-0.39, 0.29) is 24.5 Å². The third kappa shape index (κ3) is 6.72. The number of ether oxygens (including phenoxy) is 4. The van der Waals surface area contributed by atoms with Gasteiger partial charge in [0.1, 0.15) is 24.5 Å². The number of carbonyl (C=O) groups excluding carboxylic acids is 3. The van der Waals surface area contributed by atoms with Gasteiger partial charge in [0.2, 0.25) is 0 Å². The number of hydrogen-bond acceptors (Lipinski definition) is 7. The molecule has 0 spiro atoms. The summed E-state index contributed by atoms with van der Waals surface area (Å²) in [7, 11) is 2.83. The fourth-order valence-corrected chi connectivity index (χ4v) is 4.51. The number of nitrogens with one attached hydrogen (secondary N) is 2. The van der Waals surface area contributed by atoms with Crippen LogP contribution in [0.4, 0.5) is 0 Å². The standard InChI is InChI=1S/C31H34N2O7/c1-19(2)15-25(31(36)38-4)33-30(35)23-14-13-20(16-24(23)22-9-5-6-10-26(22)37-3)29(34)32-17-21-18-39-27-11-7-8-12-28(27)40-21/h5-14,16,19,21,25H,15,17-18H2,1-4H3,(H,32,34)(H,33,35)/t21-,25+/m1/s1. The molecule has 3 aromatic rings. The highest BCUT2D eigenvalue weighted by Crippen LogP contribution is 2.34. The van der Waals surface area contributed by atoms with Crippen molar-refractivity contribution in [2.45, 2.75) is 32.4 Å². The molecule has 1 heterocycles. The third-order valence-corrected chi connectivity index (χ3v) is 6.48. The van der Waals surface area contributed by atoms with Crippen LogP contribution in [0, 0.1) is 5.92 Å². The first-order valence-electron chi connectivity index (χ1n) is 13.1. The van der Waals surface area contributed by atoms with Gasteiger partial charge in [-0.1, -0.05) is 44.2 Å². The molecule has 4 rings (SSSR count). The van der Waals surface area contributed by atoms with E-state index in [1.807, 2.05) is 56.3 Å². The van der Waals surface area contributed by atoms with Gasteiger partial charge in [-0.3, -0.25) is 9.59 Å². The van der Waals surface area contributed by atoms with E-state index in [9.17, 15) is 14.4 Å². The molecule has 1 aliphatic rings. The average molecular weight is 547 g/mol. The molecule has 0 bridgehead atoms. The largest absolute Gasteiger partial charge is 0.496 e. The Kier molecular flexibility index (Phi) is 9.27. The highest BCUT2D eigenvalue weighted by molar-refractivity contribution is 6.05. The lowest BCUT2D eigenvalue weighted by atomic mass is 9.95. The smallest absolute Gasteiger partial charge is 0.328 e. The van der Waals surface area contributed by atoms with Crippen LogP contribution < -0.4 is 24.8 Å². The van der Waals surface area contributed by atoms with Gasteiger partial charge in [-0.2, -0.15) is 0 Å². The summed E-state index contributed by atoms with van der Waals surface area (Å²) < 4.78 is 22.1. The lowest BCUT2D eigenvalue weighted by molar-refractivity contribution is -0.143. The van der Waals surface area contributed by atoms with Crippen molar-refractivity contribution in [1.82, 2.24) is 10.6 Å². The normalized spacial score (nSPS) is 14.7. The molecule has 0 saturated carbocycles. The van der Waals surface area contributed by atoms with Gasteiger partial charge in [-0.05, 0) is 54.3 Å². The van der Waals surface area contributed by atoms with Crippen molar-refractivity contribution >= 4 is 17.8 Å². The van der Waals surface area contributed by atoms with Gasteiger partial charge in [0, 0.05) is 16.7 Å². The lowest BCUT2D eigenvalue weighted by Crippen LogP contribution is -2.42. The van der Waals surface area contributed by atoms with E-state index >= 15 is 0 Å². The molecule has 2 amide bonds. The highest BCUT2D eigenvalue weighted by atomic mass is 16.6. The monoisotopic (exact) mass is 546 g/mol. The molecule has 9 heteroatoms. The van der Waals surface area contributed by atoms with Crippen LogP contribution in [-0.4, -0.2) is 57.3 Å². The second-order valence-electron chi connectivity index (χ2n) is 9.85. The number of rotatable bonds is 10. The highest BCUT2D eigenvalue weighted by Gasteiger charge is 2.26. The number of methoxy groups -OCH3 is 2. The zero-order chi connectivity index (χ0) is 28.6. The van der Waals surface area contributed by atoms with E-state index < -0.39 is 17.9 Å². The molecule has 2 atom stereocenters. The first-order valence-corrected chi connectivity index (χ1v) is 13.1. The summed E-state index contributed by atoms with van der Waals surface area (Å²) in [6.07, 6.45) is 0.0640. The summed E-state index contributed by atoms with van der Waals surface area (Å²) >= 11 is 0. The predicted molar refractivity (Wildman–Crippen MR) is 150 cm³/mol. The molecule has 0 radical (unpaired) electrons. The maximum Gasteiger partial charge on any atom is 0.328 e. The lowest BCUT2D eigenvalue weighted by Gasteiger charge is -2.26. The van der Waals surface area contributed by atoms with Gasteiger partial charge in [-0.25, -0.2) is 4.79 Å². The van der Waals surface area contributed by atoms with E-state index in [4.69, 9.17) is 18.9 Å². The molecule has 2 N–H and O–H groups in total. The van der Waals surface area contributed by atoms with Crippen LogP contribution >= 0.6 is 0 Å². The SMILES string of the molecule is COC(=O)[C@H](CC(C)C)NC(=O)c1ccc(C(=O)NC[C@@H]2COc3ccccc3O2)cc1-c1ccccc1OC.